The van der Waals surface area contributed by atoms with Gasteiger partial charge < -0.3 is 4.74 Å². The van der Waals surface area contributed by atoms with Gasteiger partial charge >= 0.3 is 0 Å². The van der Waals surface area contributed by atoms with Crippen molar-refractivity contribution in [3.8, 4) is 0 Å². The second kappa shape index (κ2) is 5.76. The summed E-state index contributed by atoms with van der Waals surface area (Å²) in [5, 5.41) is 4.86. The zero-order chi connectivity index (χ0) is 15.1. The number of likely N-dealkylation sites (tertiary alicyclic amines) is 1. The lowest BCUT2D eigenvalue weighted by atomic mass is 10.0. The van der Waals surface area contributed by atoms with Gasteiger partial charge in [0.15, 0.2) is 0 Å². The van der Waals surface area contributed by atoms with Crippen molar-refractivity contribution in [3.05, 3.63) is 33.0 Å². The van der Waals surface area contributed by atoms with Gasteiger partial charge in [-0.2, -0.15) is 5.10 Å². The second-order valence-corrected chi connectivity index (χ2v) is 7.17. The SMILES string of the molecule is Cc1ncsc1CN1CCCC1c1nn(C)c2c1COCC2. The smallest absolute Gasteiger partial charge is 0.0854 e. The van der Waals surface area contributed by atoms with Crippen LogP contribution in [-0.4, -0.2) is 32.8 Å². The number of thiazole rings is 1. The highest BCUT2D eigenvalue weighted by Gasteiger charge is 2.33. The van der Waals surface area contributed by atoms with Crippen molar-refractivity contribution in [1.29, 1.82) is 0 Å². The van der Waals surface area contributed by atoms with Gasteiger partial charge in [-0.25, -0.2) is 4.98 Å². The lowest BCUT2D eigenvalue weighted by molar-refractivity contribution is 0.107. The number of hydrogen-bond acceptors (Lipinski definition) is 5. The van der Waals surface area contributed by atoms with Crippen LogP contribution in [0.15, 0.2) is 5.51 Å². The van der Waals surface area contributed by atoms with Crippen molar-refractivity contribution >= 4 is 11.3 Å². The Hall–Kier alpha value is -1.24. The highest BCUT2D eigenvalue weighted by molar-refractivity contribution is 7.09. The first-order valence-corrected chi connectivity index (χ1v) is 8.87. The molecule has 0 radical (unpaired) electrons. The third kappa shape index (κ3) is 2.39. The molecule has 6 heteroatoms. The van der Waals surface area contributed by atoms with E-state index in [0.717, 1.165) is 32.7 Å². The van der Waals surface area contributed by atoms with Crippen LogP contribution in [0.5, 0.6) is 0 Å². The maximum atomic E-state index is 5.69. The third-order valence-electron chi connectivity index (χ3n) is 4.91. The fraction of sp³-hybridized carbons (Fsp3) is 0.625. The molecule has 118 valence electrons. The molecule has 0 aliphatic carbocycles. The quantitative estimate of drug-likeness (QED) is 0.872. The van der Waals surface area contributed by atoms with Gasteiger partial charge in [-0.15, -0.1) is 11.3 Å². The van der Waals surface area contributed by atoms with E-state index in [1.54, 1.807) is 11.3 Å². The molecule has 0 N–H and O–H groups in total. The molecular weight excluding hydrogens is 296 g/mol. The predicted molar refractivity (Wildman–Crippen MR) is 85.8 cm³/mol. The molecule has 0 amide bonds. The molecule has 2 aliphatic rings. The van der Waals surface area contributed by atoms with Crippen LogP contribution in [0.4, 0.5) is 0 Å². The van der Waals surface area contributed by atoms with Gasteiger partial charge in [0.05, 0.1) is 36.2 Å². The number of aryl methyl sites for hydroxylation is 2. The number of ether oxygens (including phenoxy) is 1. The van der Waals surface area contributed by atoms with Crippen LogP contribution in [0.2, 0.25) is 0 Å². The van der Waals surface area contributed by atoms with Crippen LogP contribution in [-0.2, 0) is 31.4 Å². The number of nitrogens with zero attached hydrogens (tertiary/aromatic N) is 4. The molecule has 0 aromatic carbocycles. The zero-order valence-corrected chi connectivity index (χ0v) is 14.0. The molecule has 2 aliphatic heterocycles. The van der Waals surface area contributed by atoms with Gasteiger partial charge in [0, 0.05) is 36.1 Å². The number of fused-ring (bicyclic) bond motifs is 1. The molecule has 1 fully saturated rings. The van der Waals surface area contributed by atoms with Crippen LogP contribution in [0.25, 0.3) is 0 Å². The first-order valence-electron chi connectivity index (χ1n) is 7.99. The van der Waals surface area contributed by atoms with Crippen molar-refractivity contribution in [3.63, 3.8) is 0 Å². The Balaban J connectivity index is 1.63. The van der Waals surface area contributed by atoms with Gasteiger partial charge in [-0.1, -0.05) is 0 Å². The van der Waals surface area contributed by atoms with Crippen molar-refractivity contribution in [2.45, 2.75) is 45.4 Å². The molecule has 4 heterocycles. The minimum absolute atomic E-state index is 0.429. The Morgan fingerprint density at radius 3 is 3.18 bits per heavy atom. The van der Waals surface area contributed by atoms with Gasteiger partial charge in [-0.05, 0) is 26.3 Å². The molecule has 2 aromatic rings. The average Bonchev–Trinajstić information content (AvgIpc) is 3.21. The maximum Gasteiger partial charge on any atom is 0.0854 e. The summed E-state index contributed by atoms with van der Waals surface area (Å²) >= 11 is 1.76. The molecule has 4 rings (SSSR count). The van der Waals surface area contributed by atoms with E-state index in [9.17, 15) is 0 Å². The minimum atomic E-state index is 0.429. The van der Waals surface area contributed by atoms with Gasteiger partial charge in [-0.3, -0.25) is 9.58 Å². The summed E-state index contributed by atoms with van der Waals surface area (Å²) in [6.45, 7) is 5.79. The molecule has 2 aromatic heterocycles. The standard InChI is InChI=1S/C16H22N4OS/c1-11-15(22-10-17-11)8-20-6-3-4-14(20)16-12-9-21-7-5-13(12)19(2)18-16/h10,14H,3-9H2,1-2H3. The molecule has 22 heavy (non-hydrogen) atoms. The number of aromatic nitrogens is 3. The van der Waals surface area contributed by atoms with Gasteiger partial charge in [0.25, 0.3) is 0 Å². The highest BCUT2D eigenvalue weighted by Crippen LogP contribution is 2.37. The van der Waals surface area contributed by atoms with E-state index < -0.39 is 0 Å². The maximum absolute atomic E-state index is 5.69. The first-order chi connectivity index (χ1) is 10.7. The van der Waals surface area contributed by atoms with Crippen molar-refractivity contribution < 1.29 is 4.74 Å². The summed E-state index contributed by atoms with van der Waals surface area (Å²) < 4.78 is 7.76. The van der Waals surface area contributed by atoms with E-state index in [1.807, 2.05) is 5.51 Å². The second-order valence-electron chi connectivity index (χ2n) is 6.23. The Labute approximate surface area is 134 Å². The lowest BCUT2D eigenvalue weighted by Gasteiger charge is -2.24. The minimum Gasteiger partial charge on any atom is -0.376 e. The van der Waals surface area contributed by atoms with Crippen LogP contribution >= 0.6 is 11.3 Å². The summed E-state index contributed by atoms with van der Waals surface area (Å²) in [4.78, 5) is 8.33. The molecule has 5 nitrogen and oxygen atoms in total. The molecule has 0 saturated carbocycles. The van der Waals surface area contributed by atoms with Crippen LogP contribution in [0, 0.1) is 6.92 Å². The van der Waals surface area contributed by atoms with E-state index in [4.69, 9.17) is 9.84 Å². The summed E-state index contributed by atoms with van der Waals surface area (Å²) in [5.74, 6) is 0. The molecule has 1 saturated heterocycles. The summed E-state index contributed by atoms with van der Waals surface area (Å²) in [5.41, 5.74) is 7.07. The predicted octanol–water partition coefficient (Wildman–Crippen LogP) is 2.59. The lowest BCUT2D eigenvalue weighted by Crippen LogP contribution is -2.24. The van der Waals surface area contributed by atoms with Crippen LogP contribution in [0.1, 0.15) is 46.4 Å². The summed E-state index contributed by atoms with van der Waals surface area (Å²) in [7, 11) is 2.07. The normalized spacial score (nSPS) is 22.2. The average molecular weight is 318 g/mol. The molecule has 0 spiro atoms. The fourth-order valence-corrected chi connectivity index (χ4v) is 4.50. The Kier molecular flexibility index (Phi) is 3.76. The van der Waals surface area contributed by atoms with E-state index in [2.05, 4.69) is 28.5 Å². The van der Waals surface area contributed by atoms with Gasteiger partial charge in [0.2, 0.25) is 0 Å². The Morgan fingerprint density at radius 2 is 2.36 bits per heavy atom. The molecule has 1 atom stereocenters. The molecule has 1 unspecified atom stereocenters. The van der Waals surface area contributed by atoms with E-state index in [-0.39, 0.29) is 0 Å². The largest absolute Gasteiger partial charge is 0.376 e. The Bertz CT molecular complexity index is 678. The monoisotopic (exact) mass is 318 g/mol. The van der Waals surface area contributed by atoms with Crippen molar-refractivity contribution in [2.75, 3.05) is 13.2 Å². The summed E-state index contributed by atoms with van der Waals surface area (Å²) in [6, 6.07) is 0.429. The third-order valence-corrected chi connectivity index (χ3v) is 5.83. The fourth-order valence-electron chi connectivity index (χ4n) is 3.69. The van der Waals surface area contributed by atoms with E-state index in [0.29, 0.717) is 6.04 Å². The van der Waals surface area contributed by atoms with Crippen LogP contribution in [0.3, 0.4) is 0 Å². The Morgan fingerprint density at radius 1 is 1.45 bits per heavy atom. The molecule has 0 bridgehead atoms. The first kappa shape index (κ1) is 14.4. The number of rotatable bonds is 3. The number of hydrogen-bond donors (Lipinski definition) is 0. The molecular formula is C16H22N4OS. The van der Waals surface area contributed by atoms with E-state index in [1.165, 1.54) is 40.4 Å². The van der Waals surface area contributed by atoms with E-state index >= 15 is 0 Å². The topological polar surface area (TPSA) is 43.2 Å². The zero-order valence-electron chi connectivity index (χ0n) is 13.2. The van der Waals surface area contributed by atoms with Crippen molar-refractivity contribution in [1.82, 2.24) is 19.7 Å². The van der Waals surface area contributed by atoms with Crippen LogP contribution < -0.4 is 0 Å². The van der Waals surface area contributed by atoms with Gasteiger partial charge in [0.1, 0.15) is 0 Å². The van der Waals surface area contributed by atoms with Crippen molar-refractivity contribution in [2.24, 2.45) is 7.05 Å². The summed E-state index contributed by atoms with van der Waals surface area (Å²) in [6.07, 6.45) is 3.43. The highest BCUT2D eigenvalue weighted by atomic mass is 32.1.